The Morgan fingerprint density at radius 2 is 1.78 bits per heavy atom. The zero-order valence-corrected chi connectivity index (χ0v) is 9.80. The predicted octanol–water partition coefficient (Wildman–Crippen LogP) is 3.04. The Labute approximate surface area is 107 Å². The first kappa shape index (κ1) is 12.5. The highest BCUT2D eigenvalue weighted by atomic mass is 35.5. The molecule has 0 radical (unpaired) electrons. The number of para-hydroxylation sites is 1. The van der Waals surface area contributed by atoms with Gasteiger partial charge >= 0.3 is 0 Å². The van der Waals surface area contributed by atoms with Gasteiger partial charge in [-0.2, -0.15) is 0 Å². The van der Waals surface area contributed by atoms with Crippen molar-refractivity contribution in [1.82, 2.24) is 4.98 Å². The number of hydrogen-bond acceptors (Lipinski definition) is 4. The molecule has 1 aromatic carbocycles. The lowest BCUT2D eigenvalue weighted by molar-refractivity contribution is 0.579. The molecule has 0 amide bonds. The van der Waals surface area contributed by atoms with Gasteiger partial charge < -0.3 is 10.7 Å². The number of halogens is 3. The normalized spacial score (nSPS) is 10.2. The summed E-state index contributed by atoms with van der Waals surface area (Å²) in [5, 5.41) is 3.06. The van der Waals surface area contributed by atoms with E-state index >= 15 is 0 Å². The van der Waals surface area contributed by atoms with E-state index < -0.39 is 11.6 Å². The number of anilines is 3. The average molecular weight is 271 g/mol. The average Bonchev–Trinajstić information content (AvgIpc) is 2.35. The van der Waals surface area contributed by atoms with Crippen molar-refractivity contribution < 1.29 is 8.78 Å². The second kappa shape index (κ2) is 5.16. The standard InChI is InChI=1S/C11H9ClF2N4/c12-6-3-1-2-4-9(6)16-10-7(13)5-8(14)11(17-10)18-15/h1-5H,15H2,(H2,16,17,18). The molecular weight excluding hydrogens is 262 g/mol. The van der Waals surface area contributed by atoms with Crippen molar-refractivity contribution in [1.29, 1.82) is 0 Å². The molecule has 4 N–H and O–H groups in total. The highest BCUT2D eigenvalue weighted by molar-refractivity contribution is 6.33. The highest BCUT2D eigenvalue weighted by Gasteiger charge is 2.12. The number of nitrogens with two attached hydrogens (primary N) is 1. The van der Waals surface area contributed by atoms with E-state index in [0.717, 1.165) is 0 Å². The number of hydrazine groups is 1. The Morgan fingerprint density at radius 3 is 2.44 bits per heavy atom. The third-order valence-corrected chi connectivity index (χ3v) is 2.52. The molecule has 2 rings (SSSR count). The van der Waals surface area contributed by atoms with E-state index in [1.54, 1.807) is 24.3 Å². The molecule has 0 aliphatic rings. The minimum absolute atomic E-state index is 0.169. The molecule has 18 heavy (non-hydrogen) atoms. The van der Waals surface area contributed by atoms with Crippen LogP contribution in [0.5, 0.6) is 0 Å². The fourth-order valence-corrected chi connectivity index (χ4v) is 1.53. The van der Waals surface area contributed by atoms with Crippen molar-refractivity contribution in [3.8, 4) is 0 Å². The van der Waals surface area contributed by atoms with Crippen LogP contribution in [-0.2, 0) is 0 Å². The molecule has 0 fully saturated rings. The van der Waals surface area contributed by atoms with Crippen LogP contribution in [0.4, 0.5) is 26.1 Å². The molecule has 2 aromatic rings. The Morgan fingerprint density at radius 1 is 1.11 bits per heavy atom. The Hall–Kier alpha value is -1.92. The van der Waals surface area contributed by atoms with Gasteiger partial charge in [-0.15, -0.1) is 0 Å². The van der Waals surface area contributed by atoms with Crippen LogP contribution >= 0.6 is 11.6 Å². The molecule has 1 heterocycles. The second-order valence-corrected chi connectivity index (χ2v) is 3.81. The van der Waals surface area contributed by atoms with Gasteiger partial charge in [0.15, 0.2) is 23.3 Å². The first-order valence-electron chi connectivity index (χ1n) is 4.96. The van der Waals surface area contributed by atoms with E-state index in [1.807, 2.05) is 5.43 Å². The van der Waals surface area contributed by atoms with Crippen molar-refractivity contribution in [2.45, 2.75) is 0 Å². The molecule has 94 valence electrons. The molecule has 4 nitrogen and oxygen atoms in total. The van der Waals surface area contributed by atoms with E-state index in [1.165, 1.54) is 0 Å². The maximum Gasteiger partial charge on any atom is 0.178 e. The highest BCUT2D eigenvalue weighted by Crippen LogP contribution is 2.26. The second-order valence-electron chi connectivity index (χ2n) is 3.40. The molecule has 0 aliphatic carbocycles. The summed E-state index contributed by atoms with van der Waals surface area (Å²) in [7, 11) is 0. The third-order valence-electron chi connectivity index (χ3n) is 2.19. The van der Waals surface area contributed by atoms with Crippen molar-refractivity contribution in [2.75, 3.05) is 10.7 Å². The first-order valence-corrected chi connectivity index (χ1v) is 5.34. The van der Waals surface area contributed by atoms with Gasteiger partial charge in [-0.05, 0) is 12.1 Å². The minimum atomic E-state index is -0.875. The quantitative estimate of drug-likeness (QED) is 0.592. The van der Waals surface area contributed by atoms with Crippen LogP contribution in [0.3, 0.4) is 0 Å². The zero-order chi connectivity index (χ0) is 13.1. The summed E-state index contributed by atoms with van der Waals surface area (Å²) in [6.45, 7) is 0. The lowest BCUT2D eigenvalue weighted by Crippen LogP contribution is -2.12. The van der Waals surface area contributed by atoms with Gasteiger partial charge in [-0.25, -0.2) is 19.6 Å². The van der Waals surface area contributed by atoms with E-state index in [0.29, 0.717) is 16.8 Å². The largest absolute Gasteiger partial charge is 0.336 e. The van der Waals surface area contributed by atoms with E-state index in [-0.39, 0.29) is 11.6 Å². The van der Waals surface area contributed by atoms with Crippen molar-refractivity contribution in [3.05, 3.63) is 47.0 Å². The minimum Gasteiger partial charge on any atom is -0.336 e. The SMILES string of the molecule is NNc1nc(Nc2ccccc2Cl)c(F)cc1F. The Kier molecular flexibility index (Phi) is 3.59. The molecule has 0 spiro atoms. The van der Waals surface area contributed by atoms with Crippen LogP contribution < -0.4 is 16.6 Å². The monoisotopic (exact) mass is 270 g/mol. The molecular formula is C11H9ClF2N4. The van der Waals surface area contributed by atoms with Crippen LogP contribution in [0, 0.1) is 11.6 Å². The van der Waals surface area contributed by atoms with Crippen LogP contribution in [0.25, 0.3) is 0 Å². The van der Waals surface area contributed by atoms with E-state index in [4.69, 9.17) is 17.4 Å². The number of aromatic nitrogens is 1. The number of nitrogen functional groups attached to an aromatic ring is 1. The van der Waals surface area contributed by atoms with Gasteiger partial charge in [-0.1, -0.05) is 23.7 Å². The number of nitrogens with one attached hydrogen (secondary N) is 2. The van der Waals surface area contributed by atoms with E-state index in [2.05, 4.69) is 10.3 Å². The van der Waals surface area contributed by atoms with Crippen molar-refractivity contribution in [3.63, 3.8) is 0 Å². The van der Waals surface area contributed by atoms with Crippen LogP contribution in [-0.4, -0.2) is 4.98 Å². The molecule has 7 heteroatoms. The molecule has 0 atom stereocenters. The van der Waals surface area contributed by atoms with Gasteiger partial charge in [0.05, 0.1) is 10.7 Å². The predicted molar refractivity (Wildman–Crippen MR) is 66.7 cm³/mol. The molecule has 0 unspecified atom stereocenters. The zero-order valence-electron chi connectivity index (χ0n) is 9.05. The summed E-state index contributed by atoms with van der Waals surface area (Å²) in [6, 6.07) is 7.41. The lowest BCUT2D eigenvalue weighted by atomic mass is 10.3. The molecule has 0 bridgehead atoms. The maximum absolute atomic E-state index is 13.5. The number of benzene rings is 1. The van der Waals surface area contributed by atoms with Crippen LogP contribution in [0.2, 0.25) is 5.02 Å². The molecule has 0 saturated heterocycles. The van der Waals surface area contributed by atoms with Crippen LogP contribution in [0.15, 0.2) is 30.3 Å². The summed E-state index contributed by atoms with van der Waals surface area (Å²) >= 11 is 5.90. The maximum atomic E-state index is 13.5. The Balaban J connectivity index is 2.38. The third kappa shape index (κ3) is 2.49. The molecule has 1 aromatic heterocycles. The van der Waals surface area contributed by atoms with E-state index in [9.17, 15) is 8.78 Å². The van der Waals surface area contributed by atoms with Gasteiger partial charge in [0.1, 0.15) is 0 Å². The topological polar surface area (TPSA) is 63.0 Å². The summed E-state index contributed by atoms with van der Waals surface area (Å²) in [4.78, 5) is 3.67. The smallest absolute Gasteiger partial charge is 0.178 e. The van der Waals surface area contributed by atoms with Crippen molar-refractivity contribution in [2.24, 2.45) is 5.84 Å². The first-order chi connectivity index (χ1) is 8.61. The number of pyridine rings is 1. The van der Waals surface area contributed by atoms with Gasteiger partial charge in [0.2, 0.25) is 0 Å². The van der Waals surface area contributed by atoms with Gasteiger partial charge in [-0.3, -0.25) is 0 Å². The number of hydrogen-bond donors (Lipinski definition) is 3. The summed E-state index contributed by atoms with van der Waals surface area (Å²) in [6.07, 6.45) is 0. The van der Waals surface area contributed by atoms with Gasteiger partial charge in [0, 0.05) is 6.07 Å². The summed E-state index contributed by atoms with van der Waals surface area (Å²) in [5.41, 5.74) is 2.50. The number of nitrogens with zero attached hydrogens (tertiary/aromatic N) is 1. The fourth-order valence-electron chi connectivity index (χ4n) is 1.35. The van der Waals surface area contributed by atoms with Gasteiger partial charge in [0.25, 0.3) is 0 Å². The van der Waals surface area contributed by atoms with Crippen molar-refractivity contribution >= 4 is 28.9 Å². The number of rotatable bonds is 3. The summed E-state index contributed by atoms with van der Waals surface area (Å²) < 4.78 is 26.7. The Bertz CT molecular complexity index is 577. The summed E-state index contributed by atoms with van der Waals surface area (Å²) in [5.74, 6) is 2.92. The fraction of sp³-hybridized carbons (Fsp3) is 0. The molecule has 0 aliphatic heterocycles. The molecule has 0 saturated carbocycles. The lowest BCUT2D eigenvalue weighted by Gasteiger charge is -2.10. The van der Waals surface area contributed by atoms with Crippen LogP contribution in [0.1, 0.15) is 0 Å².